The van der Waals surface area contributed by atoms with Crippen LogP contribution in [-0.2, 0) is 27.4 Å². The Hall–Kier alpha value is 0.440. The molecule has 0 saturated carbocycles. The summed E-state index contributed by atoms with van der Waals surface area (Å²) in [6.45, 7) is 0. The average molecular weight is 673 g/mol. The molecule has 1 unspecified atom stereocenters. The van der Waals surface area contributed by atoms with Crippen LogP contribution in [-0.4, -0.2) is 86.5 Å². The zero-order valence-corrected chi connectivity index (χ0v) is 22.5. The summed E-state index contributed by atoms with van der Waals surface area (Å²) in [7, 11) is -22.6. The highest BCUT2D eigenvalue weighted by atomic mass is 31.2. The average Bonchev–Trinajstić information content (AvgIpc) is 2.06. The molecule has 35 heavy (non-hydrogen) atoms. The lowest BCUT2D eigenvalue weighted by atomic mass is 10.8. The zero-order chi connectivity index (χ0) is 31.5. The molecule has 0 rings (SSSR count). The highest BCUT2D eigenvalue weighted by Gasteiger charge is 2.06. The van der Waals surface area contributed by atoms with Gasteiger partial charge in [0.25, 0.3) is 0 Å². The van der Waals surface area contributed by atoms with Crippen molar-refractivity contribution in [3.63, 3.8) is 0 Å². The van der Waals surface area contributed by atoms with Crippen LogP contribution in [0.25, 0.3) is 0 Å². The lowest BCUT2D eigenvalue weighted by Crippen LogP contribution is -2.27. The van der Waals surface area contributed by atoms with Crippen molar-refractivity contribution in [3.05, 3.63) is 0 Å². The molecule has 0 heterocycles. The third-order valence-electron chi connectivity index (χ3n) is 0. The van der Waals surface area contributed by atoms with E-state index >= 15 is 0 Å². The van der Waals surface area contributed by atoms with E-state index in [1.54, 1.807) is 0 Å². The van der Waals surface area contributed by atoms with Crippen LogP contribution in [0, 0.1) is 0 Å². The highest BCUT2D eigenvalue weighted by molar-refractivity contribution is 7.46. The number of rotatable bonds is 0. The molecule has 0 aliphatic carbocycles. The standard InChI is InChI=1S/C4H12N.6FH2O3P/c7*1-5(2,3)4/h1-4H3;6*(H2,2,3,4)/q+1;;;;;;/p-1. The summed E-state index contributed by atoms with van der Waals surface area (Å²) in [4.78, 5) is 85.1. The van der Waals surface area contributed by atoms with E-state index in [-0.39, 0.29) is 0 Å². The fraction of sp³-hybridized carbons (Fsp3) is 1.00. The Labute approximate surface area is 192 Å². The molecule has 11 N–H and O–H groups in total. The molecule has 0 bridgehead atoms. The van der Waals surface area contributed by atoms with Crippen LogP contribution in [0.3, 0.4) is 0 Å². The Morgan fingerprint density at radius 1 is 0.429 bits per heavy atom. The van der Waals surface area contributed by atoms with E-state index in [4.69, 9.17) is 86.1 Å². The predicted molar refractivity (Wildman–Crippen MR) is 101 cm³/mol. The Bertz CT molecular complexity index is 571. The summed E-state index contributed by atoms with van der Waals surface area (Å²) >= 11 is 0. The molecule has 0 amide bonds. The van der Waals surface area contributed by atoms with Gasteiger partial charge < -0.3 is 14.3 Å². The number of quaternary nitrogens is 1. The van der Waals surface area contributed by atoms with E-state index < -0.39 is 47.4 Å². The second kappa shape index (κ2) is 21.4. The Kier molecular flexibility index (Phi) is 31.7. The minimum Gasteiger partial charge on any atom is -0.753 e. The Morgan fingerprint density at radius 2 is 0.429 bits per heavy atom. The van der Waals surface area contributed by atoms with Crippen molar-refractivity contribution in [2.75, 3.05) is 28.2 Å². The first-order valence-electron chi connectivity index (χ1n) is 6.28. The molecule has 0 fully saturated rings. The molecular formula is C4H23F6NO18P6. The molecule has 0 aliphatic rings. The minimum atomic E-state index is -5.39. The van der Waals surface area contributed by atoms with Gasteiger partial charge in [0.15, 0.2) is 0 Å². The van der Waals surface area contributed by atoms with E-state index in [2.05, 4.69) is 28.2 Å². The second-order valence-corrected chi connectivity index (χ2v) is 11.1. The molecule has 0 saturated heterocycles. The summed E-state index contributed by atoms with van der Waals surface area (Å²) in [5, 5.41) is 0. The summed E-state index contributed by atoms with van der Waals surface area (Å²) in [6.07, 6.45) is 0. The van der Waals surface area contributed by atoms with Crippen molar-refractivity contribution >= 4 is 47.4 Å². The molecule has 0 aliphatic heterocycles. The molecule has 0 aromatic heterocycles. The van der Waals surface area contributed by atoms with Crippen molar-refractivity contribution in [2.24, 2.45) is 0 Å². The summed E-state index contributed by atoms with van der Waals surface area (Å²) in [5.41, 5.74) is 0. The molecule has 0 aromatic carbocycles. The molecule has 0 aromatic rings. The Balaban J connectivity index is -0.0000000523. The topological polar surface area (TPSA) is 348 Å². The van der Waals surface area contributed by atoms with E-state index in [9.17, 15) is 25.2 Å². The molecule has 1 atom stereocenters. The molecule has 19 nitrogen and oxygen atoms in total. The minimum absolute atomic E-state index is 1.00. The maximum Gasteiger partial charge on any atom is 0.507 e. The van der Waals surface area contributed by atoms with Crippen molar-refractivity contribution < 1.29 is 116 Å². The van der Waals surface area contributed by atoms with Gasteiger partial charge in [0, 0.05) is 0 Å². The van der Waals surface area contributed by atoms with Gasteiger partial charge in [-0.25, -0.2) is 22.8 Å². The van der Waals surface area contributed by atoms with Gasteiger partial charge in [-0.1, -0.05) is 0 Å². The SMILES string of the molecule is C[N+](C)(C)C.O=P(O)(O)F.O=P(O)(O)F.O=P(O)(O)F.O=P(O)(O)F.O=P(O)(O)F.O=P([O-])(O)F. The van der Waals surface area contributed by atoms with Gasteiger partial charge in [0.05, 0.1) is 28.2 Å². The fourth-order valence-corrected chi connectivity index (χ4v) is 0. The van der Waals surface area contributed by atoms with Gasteiger partial charge in [-0.2, -0.15) is 4.20 Å². The van der Waals surface area contributed by atoms with Crippen molar-refractivity contribution in [1.29, 1.82) is 0 Å². The number of hydrogen-bond acceptors (Lipinski definition) is 7. The Morgan fingerprint density at radius 3 is 0.429 bits per heavy atom. The fourth-order valence-electron chi connectivity index (χ4n) is 0. The molecule has 31 heteroatoms. The molecule has 0 radical (unpaired) electrons. The highest BCUT2D eigenvalue weighted by Crippen LogP contribution is 2.36. The third-order valence-corrected chi connectivity index (χ3v) is 0. The normalized spacial score (nSPS) is 13.2. The van der Waals surface area contributed by atoms with Gasteiger partial charge in [-0.3, -0.25) is 53.5 Å². The van der Waals surface area contributed by atoms with Crippen LogP contribution in [0.2, 0.25) is 0 Å². The monoisotopic (exact) mass is 673 g/mol. The predicted octanol–water partition coefficient (Wildman–Crippen LogP) is -0.0180. The molecule has 224 valence electrons. The van der Waals surface area contributed by atoms with Gasteiger partial charge in [-0.05, 0) is 0 Å². The summed E-state index contributed by atoms with van der Waals surface area (Å²) in [6, 6.07) is 0. The first kappa shape index (κ1) is 52.0. The van der Waals surface area contributed by atoms with Crippen molar-refractivity contribution in [2.45, 2.75) is 0 Å². The number of halogens is 6. The maximum absolute atomic E-state index is 10.4. The van der Waals surface area contributed by atoms with Crippen molar-refractivity contribution in [1.82, 2.24) is 0 Å². The van der Waals surface area contributed by atoms with E-state index in [0.717, 1.165) is 4.48 Å². The lowest BCUT2D eigenvalue weighted by Gasteiger charge is -2.14. The second-order valence-electron chi connectivity index (χ2n) is 5.50. The van der Waals surface area contributed by atoms with Crippen molar-refractivity contribution in [3.8, 4) is 0 Å². The quantitative estimate of drug-likeness (QED) is 0.0914. The molecule has 0 spiro atoms. The van der Waals surface area contributed by atoms with Gasteiger partial charge in [0.2, 0.25) is 0 Å². The lowest BCUT2D eigenvalue weighted by molar-refractivity contribution is -0.849. The van der Waals surface area contributed by atoms with Crippen LogP contribution in [0.15, 0.2) is 0 Å². The van der Waals surface area contributed by atoms with Crippen LogP contribution in [0.4, 0.5) is 25.2 Å². The number of hydrogen-bond donors (Lipinski definition) is 11. The van der Waals surface area contributed by atoms with E-state index in [1.807, 2.05) is 0 Å². The number of nitrogens with zero attached hydrogens (tertiary/aromatic N) is 1. The third kappa shape index (κ3) is 187000. The van der Waals surface area contributed by atoms with E-state index in [1.165, 1.54) is 0 Å². The van der Waals surface area contributed by atoms with Gasteiger partial charge in [0.1, 0.15) is 0 Å². The largest absolute Gasteiger partial charge is 0.753 e. The maximum atomic E-state index is 10.4. The smallest absolute Gasteiger partial charge is 0.507 e. The summed E-state index contributed by atoms with van der Waals surface area (Å²) < 4.78 is 115. The zero-order valence-electron chi connectivity index (χ0n) is 17.2. The van der Waals surface area contributed by atoms with E-state index in [0.29, 0.717) is 0 Å². The van der Waals surface area contributed by atoms with Crippen LogP contribution >= 0.6 is 47.4 Å². The van der Waals surface area contributed by atoms with Crippen LogP contribution < -0.4 is 4.89 Å². The van der Waals surface area contributed by atoms with Gasteiger partial charge >= 0.3 is 47.4 Å². The molecular weight excluding hydrogens is 650 g/mol. The van der Waals surface area contributed by atoms with Crippen LogP contribution in [0.1, 0.15) is 0 Å². The van der Waals surface area contributed by atoms with Gasteiger partial charge in [-0.15, -0.1) is 21.0 Å². The summed E-state index contributed by atoms with van der Waals surface area (Å²) in [5.74, 6) is 0. The first-order valence-corrected chi connectivity index (χ1v) is 15.3. The van der Waals surface area contributed by atoms with Crippen LogP contribution in [0.5, 0.6) is 0 Å². The first-order chi connectivity index (χ1) is 14.0.